The van der Waals surface area contributed by atoms with Crippen LogP contribution in [0.5, 0.6) is 0 Å². The molecule has 0 aromatic rings. The summed E-state index contributed by atoms with van der Waals surface area (Å²) in [4.78, 5) is 2.50. The minimum absolute atomic E-state index is 0.463. The topological polar surface area (TPSA) is 42.6 Å². The smallest absolute Gasteiger partial charge is 0.0703 e. The average molecular weight is 213 g/mol. The average Bonchev–Trinajstić information content (AvgIpc) is 2.31. The van der Waals surface area contributed by atoms with Crippen LogP contribution in [-0.2, 0) is 0 Å². The maximum Gasteiger partial charge on any atom is 0.0703 e. The second kappa shape index (κ2) is 5.77. The lowest BCUT2D eigenvalue weighted by molar-refractivity contribution is 0.0578. The van der Waals surface area contributed by atoms with Gasteiger partial charge in [0.05, 0.1) is 6.17 Å². The van der Waals surface area contributed by atoms with Gasteiger partial charge in [-0.3, -0.25) is 4.90 Å². The lowest BCUT2D eigenvalue weighted by Gasteiger charge is -2.38. The normalized spacial score (nSPS) is 27.8. The molecule has 0 bridgehead atoms. The molecule has 0 amide bonds. The second-order valence-electron chi connectivity index (χ2n) is 4.33. The molecular weight excluding hydrogens is 190 g/mol. The third kappa shape index (κ3) is 3.39. The van der Waals surface area contributed by atoms with Gasteiger partial charge in [-0.15, -0.1) is 0 Å². The van der Waals surface area contributed by atoms with E-state index in [0.717, 1.165) is 52.4 Å². The van der Waals surface area contributed by atoms with Gasteiger partial charge in [-0.2, -0.15) is 0 Å². The van der Waals surface area contributed by atoms with Gasteiger partial charge in [-0.1, -0.05) is 0 Å². The molecule has 0 saturated carbocycles. The Balaban J connectivity index is 1.72. The van der Waals surface area contributed by atoms with Crippen molar-refractivity contribution in [3.05, 3.63) is 0 Å². The van der Waals surface area contributed by atoms with E-state index in [4.69, 9.17) is 0 Å². The van der Waals surface area contributed by atoms with Crippen LogP contribution in [0.1, 0.15) is 6.92 Å². The molecule has 15 heavy (non-hydrogen) atoms. The summed E-state index contributed by atoms with van der Waals surface area (Å²) in [5.41, 5.74) is 3.58. The summed E-state index contributed by atoms with van der Waals surface area (Å²) in [6.07, 6.45) is 0.463. The van der Waals surface area contributed by atoms with Gasteiger partial charge in [0.2, 0.25) is 0 Å². The maximum atomic E-state index is 3.58. The number of hydrogen-bond donors (Lipinski definition) is 3. The number of nitrogens with zero attached hydrogens (tertiary/aromatic N) is 2. The summed E-state index contributed by atoms with van der Waals surface area (Å²) < 4.78 is 0. The van der Waals surface area contributed by atoms with Crippen molar-refractivity contribution < 1.29 is 0 Å². The summed E-state index contributed by atoms with van der Waals surface area (Å²) >= 11 is 0. The van der Waals surface area contributed by atoms with Crippen molar-refractivity contribution in [2.24, 2.45) is 0 Å². The number of hydrazine groups is 1. The number of rotatable bonds is 3. The van der Waals surface area contributed by atoms with Gasteiger partial charge in [-0.05, 0) is 6.92 Å². The molecule has 2 heterocycles. The highest BCUT2D eigenvalue weighted by Gasteiger charge is 2.18. The van der Waals surface area contributed by atoms with Gasteiger partial charge < -0.3 is 10.6 Å². The fraction of sp³-hybridized carbons (Fsp3) is 1.00. The Bertz CT molecular complexity index is 175. The Morgan fingerprint density at radius 1 is 0.933 bits per heavy atom. The first-order chi connectivity index (χ1) is 7.36. The van der Waals surface area contributed by atoms with Crippen molar-refractivity contribution in [1.29, 1.82) is 0 Å². The second-order valence-corrected chi connectivity index (χ2v) is 4.33. The third-order valence-corrected chi connectivity index (χ3v) is 3.19. The van der Waals surface area contributed by atoms with E-state index in [-0.39, 0.29) is 0 Å². The SMILES string of the molecule is CC(NN1CCNCC1)N1CCNCC1. The Morgan fingerprint density at radius 3 is 2.07 bits per heavy atom. The minimum Gasteiger partial charge on any atom is -0.314 e. The van der Waals surface area contributed by atoms with Crippen molar-refractivity contribution in [3.8, 4) is 0 Å². The fourth-order valence-corrected chi connectivity index (χ4v) is 2.21. The zero-order valence-electron chi connectivity index (χ0n) is 9.63. The van der Waals surface area contributed by atoms with Crippen LogP contribution in [0.4, 0.5) is 0 Å². The van der Waals surface area contributed by atoms with E-state index in [0.29, 0.717) is 6.17 Å². The molecule has 1 unspecified atom stereocenters. The molecular formula is C10H23N5. The summed E-state index contributed by atoms with van der Waals surface area (Å²) in [6, 6.07) is 0. The molecule has 3 N–H and O–H groups in total. The Hall–Kier alpha value is -0.200. The first-order valence-electron chi connectivity index (χ1n) is 6.03. The van der Waals surface area contributed by atoms with Crippen molar-refractivity contribution in [1.82, 2.24) is 26.0 Å². The molecule has 88 valence electrons. The molecule has 5 nitrogen and oxygen atoms in total. The van der Waals surface area contributed by atoms with Crippen LogP contribution < -0.4 is 16.1 Å². The van der Waals surface area contributed by atoms with E-state index in [2.05, 4.69) is 32.9 Å². The molecule has 0 radical (unpaired) electrons. The van der Waals surface area contributed by atoms with Crippen LogP contribution in [0, 0.1) is 0 Å². The lowest BCUT2D eigenvalue weighted by atomic mass is 10.3. The quantitative estimate of drug-likeness (QED) is 0.541. The van der Waals surface area contributed by atoms with Crippen LogP contribution in [-0.4, -0.2) is 68.4 Å². The molecule has 2 rings (SSSR count). The van der Waals surface area contributed by atoms with Crippen LogP contribution in [0.2, 0.25) is 0 Å². The Morgan fingerprint density at radius 2 is 1.47 bits per heavy atom. The van der Waals surface area contributed by atoms with Gasteiger partial charge in [-0.25, -0.2) is 10.4 Å². The Kier molecular flexibility index (Phi) is 4.34. The predicted octanol–water partition coefficient (Wildman–Crippen LogP) is -1.35. The van der Waals surface area contributed by atoms with Crippen LogP contribution in [0.3, 0.4) is 0 Å². The molecule has 2 aliphatic heterocycles. The van der Waals surface area contributed by atoms with E-state index in [1.807, 2.05) is 0 Å². The molecule has 0 aromatic carbocycles. The van der Waals surface area contributed by atoms with Gasteiger partial charge in [0, 0.05) is 52.4 Å². The summed E-state index contributed by atoms with van der Waals surface area (Å²) in [7, 11) is 0. The third-order valence-electron chi connectivity index (χ3n) is 3.19. The van der Waals surface area contributed by atoms with E-state index in [9.17, 15) is 0 Å². The monoisotopic (exact) mass is 213 g/mol. The van der Waals surface area contributed by atoms with Crippen LogP contribution in [0.25, 0.3) is 0 Å². The van der Waals surface area contributed by atoms with Crippen LogP contribution in [0.15, 0.2) is 0 Å². The first-order valence-corrected chi connectivity index (χ1v) is 6.03. The number of nitrogens with one attached hydrogen (secondary N) is 3. The molecule has 5 heteroatoms. The summed E-state index contributed by atoms with van der Waals surface area (Å²) in [6.45, 7) is 11.2. The van der Waals surface area contributed by atoms with Gasteiger partial charge in [0.25, 0.3) is 0 Å². The minimum atomic E-state index is 0.463. The standard InChI is InChI=1S/C10H23N5/c1-10(14-6-2-11-3-7-14)13-15-8-4-12-5-9-15/h10-13H,2-9H2,1H3. The van der Waals surface area contributed by atoms with E-state index >= 15 is 0 Å². The fourth-order valence-electron chi connectivity index (χ4n) is 2.21. The van der Waals surface area contributed by atoms with Crippen molar-refractivity contribution in [3.63, 3.8) is 0 Å². The van der Waals surface area contributed by atoms with Gasteiger partial charge >= 0.3 is 0 Å². The Labute approximate surface area is 92.2 Å². The van der Waals surface area contributed by atoms with Crippen molar-refractivity contribution >= 4 is 0 Å². The highest BCUT2D eigenvalue weighted by atomic mass is 15.6. The van der Waals surface area contributed by atoms with Crippen LogP contribution >= 0.6 is 0 Å². The van der Waals surface area contributed by atoms with E-state index in [1.165, 1.54) is 0 Å². The highest BCUT2D eigenvalue weighted by Crippen LogP contribution is 1.99. The lowest BCUT2D eigenvalue weighted by Crippen LogP contribution is -2.59. The van der Waals surface area contributed by atoms with E-state index < -0.39 is 0 Å². The molecule has 0 aliphatic carbocycles. The highest BCUT2D eigenvalue weighted by molar-refractivity contribution is 4.73. The summed E-state index contributed by atoms with van der Waals surface area (Å²) in [5, 5.41) is 9.08. The van der Waals surface area contributed by atoms with Crippen molar-refractivity contribution in [2.45, 2.75) is 13.1 Å². The van der Waals surface area contributed by atoms with Gasteiger partial charge in [0.15, 0.2) is 0 Å². The predicted molar refractivity (Wildman–Crippen MR) is 61.5 cm³/mol. The zero-order valence-corrected chi connectivity index (χ0v) is 9.63. The number of hydrogen-bond acceptors (Lipinski definition) is 5. The molecule has 0 spiro atoms. The number of piperazine rings is 2. The van der Waals surface area contributed by atoms with E-state index in [1.54, 1.807) is 0 Å². The molecule has 0 aromatic heterocycles. The summed E-state index contributed by atoms with van der Waals surface area (Å²) in [5.74, 6) is 0. The van der Waals surface area contributed by atoms with Gasteiger partial charge in [0.1, 0.15) is 0 Å². The zero-order chi connectivity index (χ0) is 10.5. The molecule has 2 aliphatic rings. The molecule has 1 atom stereocenters. The maximum absolute atomic E-state index is 3.58. The molecule has 2 saturated heterocycles. The first kappa shape index (κ1) is 11.3. The largest absolute Gasteiger partial charge is 0.314 e. The van der Waals surface area contributed by atoms with Crippen molar-refractivity contribution in [2.75, 3.05) is 52.4 Å². The molecule has 2 fully saturated rings.